The van der Waals surface area contributed by atoms with Crippen molar-refractivity contribution in [3.63, 3.8) is 0 Å². The van der Waals surface area contributed by atoms with Gasteiger partial charge in [0.25, 0.3) is 0 Å². The summed E-state index contributed by atoms with van der Waals surface area (Å²) in [7, 11) is 0. The highest BCUT2D eigenvalue weighted by Gasteiger charge is 2.27. The first-order valence-corrected chi connectivity index (χ1v) is 11.0. The summed E-state index contributed by atoms with van der Waals surface area (Å²) >= 11 is 6.06. The lowest BCUT2D eigenvalue weighted by molar-refractivity contribution is 0.163. The molecule has 5 rings (SSSR count). The molecule has 2 aromatic heterocycles. The molecule has 0 spiro atoms. The fraction of sp³-hybridized carbons (Fsp3) is 0.409. The summed E-state index contributed by atoms with van der Waals surface area (Å²) < 4.78 is 38.4. The van der Waals surface area contributed by atoms with E-state index in [-0.39, 0.29) is 17.9 Å². The Morgan fingerprint density at radius 3 is 2.69 bits per heavy atom. The van der Waals surface area contributed by atoms with Crippen molar-refractivity contribution in [3.8, 4) is 5.75 Å². The van der Waals surface area contributed by atoms with E-state index < -0.39 is 11.6 Å². The summed E-state index contributed by atoms with van der Waals surface area (Å²) in [6.07, 6.45) is 3.68. The summed E-state index contributed by atoms with van der Waals surface area (Å²) in [5.74, 6) is 0.173. The number of halogens is 3. The second-order valence-corrected chi connectivity index (χ2v) is 8.36. The van der Waals surface area contributed by atoms with Gasteiger partial charge in [0.15, 0.2) is 23.2 Å². The average Bonchev–Trinajstić information content (AvgIpc) is 3.29. The van der Waals surface area contributed by atoms with E-state index in [1.54, 1.807) is 12.3 Å². The Morgan fingerprint density at radius 1 is 1.09 bits per heavy atom. The predicted molar refractivity (Wildman–Crippen MR) is 117 cm³/mol. The summed E-state index contributed by atoms with van der Waals surface area (Å²) in [4.78, 5) is 15.8. The number of pyridine rings is 1. The van der Waals surface area contributed by atoms with Gasteiger partial charge >= 0.3 is 0 Å². The molecule has 2 aliphatic heterocycles. The van der Waals surface area contributed by atoms with Crippen LogP contribution in [0.1, 0.15) is 19.3 Å². The van der Waals surface area contributed by atoms with Crippen molar-refractivity contribution < 1.29 is 18.3 Å². The van der Waals surface area contributed by atoms with Crippen LogP contribution in [0.5, 0.6) is 5.75 Å². The second kappa shape index (κ2) is 8.99. The van der Waals surface area contributed by atoms with E-state index in [9.17, 15) is 8.78 Å². The van der Waals surface area contributed by atoms with E-state index in [1.807, 2.05) is 0 Å². The minimum absolute atomic E-state index is 0.0704. The van der Waals surface area contributed by atoms with Crippen LogP contribution in [0.3, 0.4) is 0 Å². The fourth-order valence-corrected chi connectivity index (χ4v) is 4.17. The molecule has 3 aromatic rings. The van der Waals surface area contributed by atoms with Gasteiger partial charge in [0.2, 0.25) is 0 Å². The van der Waals surface area contributed by atoms with Gasteiger partial charge in [-0.15, -0.1) is 0 Å². The molecule has 4 heterocycles. The van der Waals surface area contributed by atoms with Crippen molar-refractivity contribution in [3.05, 3.63) is 47.2 Å². The number of benzene rings is 1. The molecule has 0 aliphatic carbocycles. The molecule has 0 amide bonds. The Labute approximate surface area is 188 Å². The minimum Gasteiger partial charge on any atom is -0.487 e. The molecule has 32 heavy (non-hydrogen) atoms. The zero-order valence-corrected chi connectivity index (χ0v) is 18.0. The minimum atomic E-state index is -0.691. The molecule has 2 aliphatic rings. The van der Waals surface area contributed by atoms with E-state index in [0.29, 0.717) is 61.1 Å². The highest BCUT2D eigenvalue weighted by molar-refractivity contribution is 6.29. The first kappa shape index (κ1) is 21.1. The predicted octanol–water partition coefficient (Wildman–Crippen LogP) is 4.21. The number of nitrogens with zero attached hydrogens (tertiary/aromatic N) is 4. The summed E-state index contributed by atoms with van der Waals surface area (Å²) in [6, 6.07) is 5.23. The fourth-order valence-electron chi connectivity index (χ4n) is 4.02. The Bertz CT molecular complexity index is 1120. The zero-order chi connectivity index (χ0) is 22.1. The highest BCUT2D eigenvalue weighted by atomic mass is 35.5. The molecule has 2 saturated heterocycles. The SMILES string of the molecule is Fc1ccc(OC2CCN(c3nc4cc(Cl)ncc4nc3N[C@@H]3CCOC3)CC2)c(F)c1. The van der Waals surface area contributed by atoms with Crippen LogP contribution in [0.25, 0.3) is 11.0 Å². The van der Waals surface area contributed by atoms with Crippen LogP contribution in [0, 0.1) is 11.6 Å². The standard InChI is InChI=1S/C22H22ClF2N5O2/c23-20-10-17-18(11-26-20)28-21(27-14-5-8-31-12-14)22(29-17)30-6-3-15(4-7-30)32-19-2-1-13(24)9-16(19)25/h1-2,9-11,14-15H,3-8,12H2,(H,27,28)/t14-/m1/s1. The maximum atomic E-state index is 13.9. The maximum absolute atomic E-state index is 13.9. The number of ether oxygens (including phenoxy) is 2. The molecule has 10 heteroatoms. The van der Waals surface area contributed by atoms with E-state index >= 15 is 0 Å². The molecule has 0 bridgehead atoms. The molecule has 1 N–H and O–H groups in total. The number of nitrogens with one attached hydrogen (secondary N) is 1. The Morgan fingerprint density at radius 2 is 1.94 bits per heavy atom. The molecule has 1 atom stereocenters. The van der Waals surface area contributed by atoms with E-state index in [2.05, 4.69) is 15.2 Å². The van der Waals surface area contributed by atoms with Gasteiger partial charge in [0.05, 0.1) is 24.4 Å². The lowest BCUT2D eigenvalue weighted by Gasteiger charge is -2.34. The van der Waals surface area contributed by atoms with Crippen molar-refractivity contribution in [2.45, 2.75) is 31.4 Å². The molecular formula is C22H22ClF2N5O2. The normalized spacial score (nSPS) is 19.5. The van der Waals surface area contributed by atoms with Crippen LogP contribution in [0.4, 0.5) is 20.4 Å². The lowest BCUT2D eigenvalue weighted by Crippen LogP contribution is -2.39. The van der Waals surface area contributed by atoms with Crippen molar-refractivity contribution in [1.29, 1.82) is 0 Å². The first-order chi connectivity index (χ1) is 15.5. The van der Waals surface area contributed by atoms with Gasteiger partial charge in [-0.25, -0.2) is 23.7 Å². The number of aromatic nitrogens is 3. The van der Waals surface area contributed by atoms with E-state index in [1.165, 1.54) is 12.1 Å². The topological polar surface area (TPSA) is 72.4 Å². The van der Waals surface area contributed by atoms with Crippen LogP contribution in [0.15, 0.2) is 30.5 Å². The van der Waals surface area contributed by atoms with Crippen LogP contribution in [-0.4, -0.2) is 53.4 Å². The van der Waals surface area contributed by atoms with Crippen LogP contribution >= 0.6 is 11.6 Å². The van der Waals surface area contributed by atoms with Gasteiger partial charge in [-0.05, 0) is 18.6 Å². The van der Waals surface area contributed by atoms with Crippen molar-refractivity contribution in [1.82, 2.24) is 15.0 Å². The molecular weight excluding hydrogens is 440 g/mol. The molecule has 0 radical (unpaired) electrons. The number of hydrogen-bond acceptors (Lipinski definition) is 7. The highest BCUT2D eigenvalue weighted by Crippen LogP contribution is 2.31. The van der Waals surface area contributed by atoms with E-state index in [4.69, 9.17) is 31.0 Å². The third-order valence-corrected chi connectivity index (χ3v) is 5.91. The molecule has 0 unspecified atom stereocenters. The van der Waals surface area contributed by atoms with Gasteiger partial charge < -0.3 is 19.7 Å². The largest absolute Gasteiger partial charge is 0.487 e. The van der Waals surface area contributed by atoms with Crippen LogP contribution in [-0.2, 0) is 4.74 Å². The van der Waals surface area contributed by atoms with Crippen molar-refractivity contribution in [2.75, 3.05) is 36.5 Å². The number of anilines is 2. The average molecular weight is 462 g/mol. The summed E-state index contributed by atoms with van der Waals surface area (Å²) in [5.41, 5.74) is 1.32. The number of hydrogen-bond donors (Lipinski definition) is 1. The molecule has 0 saturated carbocycles. The number of rotatable bonds is 5. The van der Waals surface area contributed by atoms with E-state index in [0.717, 1.165) is 18.3 Å². The Kier molecular flexibility index (Phi) is 5.93. The lowest BCUT2D eigenvalue weighted by atomic mass is 10.1. The van der Waals surface area contributed by atoms with Gasteiger partial charge in [0, 0.05) is 44.7 Å². The van der Waals surface area contributed by atoms with Gasteiger partial charge in [-0.2, -0.15) is 0 Å². The first-order valence-electron chi connectivity index (χ1n) is 10.6. The van der Waals surface area contributed by atoms with Gasteiger partial charge in [-0.3, -0.25) is 0 Å². The number of piperidine rings is 1. The third-order valence-electron chi connectivity index (χ3n) is 5.70. The molecule has 1 aromatic carbocycles. The van der Waals surface area contributed by atoms with Crippen LogP contribution in [0.2, 0.25) is 5.15 Å². The smallest absolute Gasteiger partial charge is 0.172 e. The number of fused-ring (bicyclic) bond motifs is 1. The summed E-state index contributed by atoms with van der Waals surface area (Å²) in [5, 5.41) is 3.82. The summed E-state index contributed by atoms with van der Waals surface area (Å²) in [6.45, 7) is 2.65. The van der Waals surface area contributed by atoms with Gasteiger partial charge in [-0.1, -0.05) is 11.6 Å². The Hall–Kier alpha value is -2.78. The zero-order valence-electron chi connectivity index (χ0n) is 17.2. The van der Waals surface area contributed by atoms with Crippen LogP contribution < -0.4 is 15.0 Å². The quantitative estimate of drug-likeness (QED) is 0.571. The molecule has 2 fully saturated rings. The maximum Gasteiger partial charge on any atom is 0.172 e. The second-order valence-electron chi connectivity index (χ2n) is 7.98. The monoisotopic (exact) mass is 461 g/mol. The third kappa shape index (κ3) is 4.54. The Balaban J connectivity index is 1.35. The van der Waals surface area contributed by atoms with Crippen molar-refractivity contribution in [2.24, 2.45) is 0 Å². The molecule has 7 nitrogen and oxygen atoms in total. The van der Waals surface area contributed by atoms with Crippen molar-refractivity contribution >= 4 is 34.3 Å². The van der Waals surface area contributed by atoms with Gasteiger partial charge in [0.1, 0.15) is 22.6 Å². The molecule has 168 valence electrons.